The summed E-state index contributed by atoms with van der Waals surface area (Å²) >= 11 is 1.67. The molecule has 7 nitrogen and oxygen atoms in total. The van der Waals surface area contributed by atoms with E-state index in [9.17, 15) is 4.79 Å². The molecule has 1 atom stereocenters. The Morgan fingerprint density at radius 1 is 1.26 bits per heavy atom. The van der Waals surface area contributed by atoms with Gasteiger partial charge in [0, 0.05) is 37.9 Å². The molecule has 2 aromatic rings. The van der Waals surface area contributed by atoms with Crippen molar-refractivity contribution in [3.8, 4) is 0 Å². The van der Waals surface area contributed by atoms with Crippen molar-refractivity contribution in [3.63, 3.8) is 0 Å². The molecular formula is C19H25N5O2S. The van der Waals surface area contributed by atoms with Crippen LogP contribution in [0.15, 0.2) is 18.2 Å². The normalized spacial score (nSPS) is 21.2. The van der Waals surface area contributed by atoms with Gasteiger partial charge in [-0.2, -0.15) is 0 Å². The van der Waals surface area contributed by atoms with E-state index in [1.165, 1.54) is 0 Å². The highest BCUT2D eigenvalue weighted by Gasteiger charge is 2.29. The molecule has 2 fully saturated rings. The first-order valence-electron chi connectivity index (χ1n) is 9.59. The van der Waals surface area contributed by atoms with Crippen LogP contribution in [0.2, 0.25) is 0 Å². The zero-order valence-electron chi connectivity index (χ0n) is 15.6. The Bertz CT molecular complexity index is 790. The highest BCUT2D eigenvalue weighted by Crippen LogP contribution is 2.33. The molecule has 2 saturated heterocycles. The number of nitrogens with one attached hydrogen (secondary N) is 1. The van der Waals surface area contributed by atoms with E-state index < -0.39 is 0 Å². The molecule has 8 heteroatoms. The molecule has 4 rings (SSSR count). The molecule has 0 saturated carbocycles. The van der Waals surface area contributed by atoms with Crippen molar-refractivity contribution in [3.05, 3.63) is 28.9 Å². The lowest BCUT2D eigenvalue weighted by Crippen LogP contribution is -2.40. The van der Waals surface area contributed by atoms with Gasteiger partial charge in [-0.3, -0.25) is 4.79 Å². The van der Waals surface area contributed by atoms with Gasteiger partial charge in [0.2, 0.25) is 11.0 Å². The lowest BCUT2D eigenvalue weighted by Gasteiger charge is -2.31. The molecule has 1 amide bonds. The van der Waals surface area contributed by atoms with Gasteiger partial charge in [-0.1, -0.05) is 17.4 Å². The highest BCUT2D eigenvalue weighted by molar-refractivity contribution is 7.15. The van der Waals surface area contributed by atoms with Crippen LogP contribution in [0.4, 0.5) is 10.9 Å². The second-order valence-corrected chi connectivity index (χ2v) is 8.24. The molecule has 27 heavy (non-hydrogen) atoms. The summed E-state index contributed by atoms with van der Waals surface area (Å²) in [4.78, 5) is 19.3. The van der Waals surface area contributed by atoms with Gasteiger partial charge in [0.05, 0.1) is 5.92 Å². The molecule has 2 aliphatic rings. The van der Waals surface area contributed by atoms with E-state index in [1.54, 1.807) is 11.3 Å². The molecule has 144 valence electrons. The number of carbonyl (C=O) groups is 1. The van der Waals surface area contributed by atoms with E-state index in [1.807, 2.05) is 25.1 Å². The van der Waals surface area contributed by atoms with E-state index in [0.29, 0.717) is 18.3 Å². The summed E-state index contributed by atoms with van der Waals surface area (Å²) in [7, 11) is 0. The Hall–Kier alpha value is -2.06. The first-order chi connectivity index (χ1) is 13.2. The molecule has 1 unspecified atom stereocenters. The summed E-state index contributed by atoms with van der Waals surface area (Å²) in [6.07, 6.45) is 3.90. The van der Waals surface area contributed by atoms with Gasteiger partial charge in [-0.05, 0) is 44.7 Å². The van der Waals surface area contributed by atoms with E-state index in [-0.39, 0.29) is 11.8 Å². The topological polar surface area (TPSA) is 80.2 Å². The van der Waals surface area contributed by atoms with Crippen LogP contribution in [0.1, 0.15) is 42.3 Å². The minimum Gasteiger partial charge on any atom is -0.381 e. The van der Waals surface area contributed by atoms with Crippen molar-refractivity contribution in [2.75, 3.05) is 36.5 Å². The molecule has 0 aliphatic carbocycles. The summed E-state index contributed by atoms with van der Waals surface area (Å²) in [5.41, 5.74) is 0.896. The fourth-order valence-electron chi connectivity index (χ4n) is 3.67. The van der Waals surface area contributed by atoms with Crippen molar-refractivity contribution >= 4 is 28.2 Å². The van der Waals surface area contributed by atoms with Crippen LogP contribution in [-0.4, -0.2) is 47.4 Å². The van der Waals surface area contributed by atoms with Crippen LogP contribution in [0, 0.1) is 12.8 Å². The number of hydrogen-bond acceptors (Lipinski definition) is 7. The fraction of sp³-hybridized carbons (Fsp3) is 0.579. The number of ether oxygens (including phenoxy) is 1. The summed E-state index contributed by atoms with van der Waals surface area (Å²) in [6.45, 7) is 5.13. The van der Waals surface area contributed by atoms with Crippen molar-refractivity contribution < 1.29 is 9.53 Å². The van der Waals surface area contributed by atoms with Crippen molar-refractivity contribution in [2.45, 2.75) is 38.5 Å². The molecule has 0 radical (unpaired) electrons. The smallest absolute Gasteiger partial charge is 0.230 e. The van der Waals surface area contributed by atoms with Crippen LogP contribution in [0.3, 0.4) is 0 Å². The average molecular weight is 388 g/mol. The molecule has 0 bridgehead atoms. The van der Waals surface area contributed by atoms with Crippen LogP contribution >= 0.6 is 11.3 Å². The predicted molar refractivity (Wildman–Crippen MR) is 105 cm³/mol. The second-order valence-electron chi connectivity index (χ2n) is 7.25. The van der Waals surface area contributed by atoms with E-state index in [2.05, 4.69) is 25.4 Å². The standard InChI is InChI=1S/C19H25N5O2S/c1-13-4-2-6-16(20-13)21-17(25)15-5-3-9-24(12-15)19-23-22-18(27-19)14-7-10-26-11-8-14/h2,4,6,14-15H,3,5,7-12H2,1H3,(H,20,21,25). The van der Waals surface area contributed by atoms with Crippen LogP contribution in [0.25, 0.3) is 0 Å². The Morgan fingerprint density at radius 3 is 2.93 bits per heavy atom. The van der Waals surface area contributed by atoms with Crippen LogP contribution in [-0.2, 0) is 9.53 Å². The summed E-state index contributed by atoms with van der Waals surface area (Å²) in [5.74, 6) is 1.06. The number of carbonyl (C=O) groups excluding carboxylic acids is 1. The number of nitrogens with zero attached hydrogens (tertiary/aromatic N) is 4. The SMILES string of the molecule is Cc1cccc(NC(=O)C2CCCN(c3nnc(C4CCOCC4)s3)C2)n1. The van der Waals surface area contributed by atoms with Gasteiger partial charge in [-0.25, -0.2) is 4.98 Å². The summed E-state index contributed by atoms with van der Waals surface area (Å²) in [5, 5.41) is 13.8. The van der Waals surface area contributed by atoms with Crippen LogP contribution < -0.4 is 10.2 Å². The Balaban J connectivity index is 1.39. The summed E-state index contributed by atoms with van der Waals surface area (Å²) in [6, 6.07) is 5.66. The lowest BCUT2D eigenvalue weighted by molar-refractivity contribution is -0.120. The average Bonchev–Trinajstić information content (AvgIpc) is 3.19. The Morgan fingerprint density at radius 2 is 2.11 bits per heavy atom. The number of piperidine rings is 1. The van der Waals surface area contributed by atoms with Gasteiger partial charge in [-0.15, -0.1) is 10.2 Å². The van der Waals surface area contributed by atoms with Gasteiger partial charge in [0.15, 0.2) is 0 Å². The van der Waals surface area contributed by atoms with Gasteiger partial charge < -0.3 is 15.0 Å². The summed E-state index contributed by atoms with van der Waals surface area (Å²) < 4.78 is 5.44. The van der Waals surface area contributed by atoms with Crippen LogP contribution in [0.5, 0.6) is 0 Å². The van der Waals surface area contributed by atoms with Gasteiger partial charge in [0.1, 0.15) is 10.8 Å². The van der Waals surface area contributed by atoms with Gasteiger partial charge >= 0.3 is 0 Å². The molecule has 2 aromatic heterocycles. The van der Waals surface area contributed by atoms with E-state index in [0.717, 1.165) is 61.3 Å². The Labute approximate surface area is 163 Å². The third-order valence-electron chi connectivity index (χ3n) is 5.20. The highest BCUT2D eigenvalue weighted by atomic mass is 32.1. The van der Waals surface area contributed by atoms with Crippen molar-refractivity contribution in [2.24, 2.45) is 5.92 Å². The zero-order valence-corrected chi connectivity index (χ0v) is 16.4. The fourth-order valence-corrected chi connectivity index (χ4v) is 4.72. The third-order valence-corrected chi connectivity index (χ3v) is 6.35. The first kappa shape index (κ1) is 18.3. The maximum absolute atomic E-state index is 12.7. The second kappa shape index (κ2) is 8.31. The third kappa shape index (κ3) is 4.44. The number of hydrogen-bond donors (Lipinski definition) is 1. The molecule has 4 heterocycles. The number of amides is 1. The minimum atomic E-state index is -0.0588. The first-order valence-corrected chi connectivity index (χ1v) is 10.4. The monoisotopic (exact) mass is 387 g/mol. The van der Waals surface area contributed by atoms with E-state index in [4.69, 9.17) is 4.74 Å². The minimum absolute atomic E-state index is 0.0342. The molecule has 1 N–H and O–H groups in total. The molecule has 0 spiro atoms. The van der Waals surface area contributed by atoms with Crippen molar-refractivity contribution in [1.29, 1.82) is 0 Å². The number of aromatic nitrogens is 3. The number of aryl methyl sites for hydroxylation is 1. The molecular weight excluding hydrogens is 362 g/mol. The number of anilines is 2. The Kier molecular flexibility index (Phi) is 5.63. The molecule has 0 aromatic carbocycles. The largest absolute Gasteiger partial charge is 0.381 e. The lowest BCUT2D eigenvalue weighted by atomic mass is 9.97. The maximum Gasteiger partial charge on any atom is 0.230 e. The van der Waals surface area contributed by atoms with E-state index >= 15 is 0 Å². The number of rotatable bonds is 4. The quantitative estimate of drug-likeness (QED) is 0.869. The maximum atomic E-state index is 12.7. The predicted octanol–water partition coefficient (Wildman–Crippen LogP) is 2.99. The molecule has 2 aliphatic heterocycles. The number of pyridine rings is 1. The zero-order chi connectivity index (χ0) is 18.6. The van der Waals surface area contributed by atoms with Gasteiger partial charge in [0.25, 0.3) is 0 Å². The van der Waals surface area contributed by atoms with Crippen molar-refractivity contribution in [1.82, 2.24) is 15.2 Å².